The number of carbonyl (C=O) groups is 1. The minimum Gasteiger partial charge on any atom is -0.495 e. The van der Waals surface area contributed by atoms with Crippen molar-refractivity contribution in [3.63, 3.8) is 0 Å². The van der Waals surface area contributed by atoms with Gasteiger partial charge >= 0.3 is 0 Å². The van der Waals surface area contributed by atoms with Crippen LogP contribution in [0.25, 0.3) is 0 Å². The molecule has 1 aliphatic heterocycles. The average molecular weight is 443 g/mol. The molecule has 0 spiro atoms. The fraction of sp³-hybridized carbons (Fsp3) is 0.316. The van der Waals surface area contributed by atoms with E-state index in [0.717, 1.165) is 19.3 Å². The maximum Gasteiger partial charge on any atom is 0.255 e. The highest BCUT2D eigenvalue weighted by molar-refractivity contribution is 7.89. The Hall–Kier alpha value is -1.80. The van der Waals surface area contributed by atoms with E-state index in [1.165, 1.54) is 35.7 Å². The first-order valence-corrected chi connectivity index (χ1v) is 11.0. The SMILES string of the molecule is COc1ccc(C(=O)Nc2ccc(Cl)c(Cl)c2)cc1S(=O)(=O)N1CCCCC1. The number of anilines is 1. The molecule has 0 unspecified atom stereocenters. The van der Waals surface area contributed by atoms with Gasteiger partial charge in [-0.1, -0.05) is 29.6 Å². The standard InChI is InChI=1S/C19H20Cl2N2O4S/c1-27-17-8-5-13(19(24)22-14-6-7-15(20)16(21)12-14)11-18(17)28(25,26)23-9-3-2-4-10-23/h5-8,11-12H,2-4,9-10H2,1H3,(H,22,24). The van der Waals surface area contributed by atoms with Gasteiger partial charge in [-0.2, -0.15) is 4.31 Å². The predicted octanol–water partition coefficient (Wildman–Crippen LogP) is 4.43. The molecule has 1 N–H and O–H groups in total. The topological polar surface area (TPSA) is 75.7 Å². The van der Waals surface area contributed by atoms with Gasteiger partial charge in [0, 0.05) is 24.3 Å². The van der Waals surface area contributed by atoms with Crippen molar-refractivity contribution in [3.8, 4) is 5.75 Å². The summed E-state index contributed by atoms with van der Waals surface area (Å²) in [5.41, 5.74) is 0.651. The quantitative estimate of drug-likeness (QED) is 0.742. The third-order valence-corrected chi connectivity index (χ3v) is 7.20. The van der Waals surface area contributed by atoms with E-state index in [0.29, 0.717) is 28.8 Å². The molecule has 0 saturated carbocycles. The minimum atomic E-state index is -3.76. The number of benzene rings is 2. The molecule has 2 aromatic rings. The lowest BCUT2D eigenvalue weighted by atomic mass is 10.2. The van der Waals surface area contributed by atoms with Crippen LogP contribution in [0.5, 0.6) is 5.75 Å². The Morgan fingerprint density at radius 2 is 1.75 bits per heavy atom. The van der Waals surface area contributed by atoms with Crippen LogP contribution in [-0.2, 0) is 10.0 Å². The highest BCUT2D eigenvalue weighted by atomic mass is 35.5. The van der Waals surface area contributed by atoms with Gasteiger partial charge in [0.15, 0.2) is 0 Å². The summed E-state index contributed by atoms with van der Waals surface area (Å²) in [6.45, 7) is 0.927. The van der Waals surface area contributed by atoms with Gasteiger partial charge in [0.2, 0.25) is 10.0 Å². The molecule has 0 aromatic heterocycles. The number of nitrogens with one attached hydrogen (secondary N) is 1. The maximum atomic E-state index is 13.1. The van der Waals surface area contributed by atoms with Crippen molar-refractivity contribution in [2.45, 2.75) is 24.2 Å². The predicted molar refractivity (Wildman–Crippen MR) is 110 cm³/mol. The molecule has 6 nitrogen and oxygen atoms in total. The molecule has 0 radical (unpaired) electrons. The average Bonchev–Trinajstić information content (AvgIpc) is 2.71. The Labute approximate surface area is 174 Å². The molecule has 0 bridgehead atoms. The molecule has 1 heterocycles. The van der Waals surface area contributed by atoms with Crippen LogP contribution in [0.2, 0.25) is 10.0 Å². The molecule has 1 aliphatic rings. The lowest BCUT2D eigenvalue weighted by Crippen LogP contribution is -2.35. The molecular weight excluding hydrogens is 423 g/mol. The van der Waals surface area contributed by atoms with Crippen LogP contribution in [0.4, 0.5) is 5.69 Å². The van der Waals surface area contributed by atoms with Crippen LogP contribution in [0, 0.1) is 0 Å². The number of hydrogen-bond acceptors (Lipinski definition) is 4. The van der Waals surface area contributed by atoms with Crippen molar-refractivity contribution in [2.75, 3.05) is 25.5 Å². The summed E-state index contributed by atoms with van der Waals surface area (Å²) in [4.78, 5) is 12.6. The van der Waals surface area contributed by atoms with Crippen molar-refractivity contribution in [1.29, 1.82) is 0 Å². The molecule has 150 valence electrons. The molecule has 2 aromatic carbocycles. The summed E-state index contributed by atoms with van der Waals surface area (Å²) in [6.07, 6.45) is 2.65. The number of hydrogen-bond donors (Lipinski definition) is 1. The Kier molecular flexibility index (Phi) is 6.50. The van der Waals surface area contributed by atoms with Gasteiger partial charge < -0.3 is 10.1 Å². The van der Waals surface area contributed by atoms with Gasteiger partial charge in [0.1, 0.15) is 10.6 Å². The molecule has 1 amide bonds. The second-order valence-corrected chi connectivity index (χ2v) is 9.13. The first kappa shape index (κ1) is 20.9. The molecule has 1 fully saturated rings. The van der Waals surface area contributed by atoms with E-state index < -0.39 is 15.9 Å². The normalized spacial score (nSPS) is 15.2. The Morgan fingerprint density at radius 1 is 1.04 bits per heavy atom. The minimum absolute atomic E-state index is 0.0151. The monoisotopic (exact) mass is 442 g/mol. The van der Waals surface area contributed by atoms with Crippen LogP contribution in [-0.4, -0.2) is 38.8 Å². The molecular formula is C19H20Cl2N2O4S. The third kappa shape index (κ3) is 4.43. The first-order chi connectivity index (χ1) is 13.3. The number of methoxy groups -OCH3 is 1. The zero-order chi connectivity index (χ0) is 20.3. The fourth-order valence-corrected chi connectivity index (χ4v) is 5.04. The van der Waals surface area contributed by atoms with Crippen molar-refractivity contribution >= 4 is 44.8 Å². The molecule has 0 aliphatic carbocycles. The second-order valence-electron chi connectivity index (χ2n) is 6.41. The van der Waals surface area contributed by atoms with Crippen molar-refractivity contribution < 1.29 is 17.9 Å². The molecule has 1 saturated heterocycles. The fourth-order valence-electron chi connectivity index (χ4n) is 3.04. The molecule has 9 heteroatoms. The van der Waals surface area contributed by atoms with Gasteiger partial charge in [-0.25, -0.2) is 8.42 Å². The van der Waals surface area contributed by atoms with Gasteiger partial charge in [0.05, 0.1) is 17.2 Å². The Bertz CT molecular complexity index is 989. The number of sulfonamides is 1. The lowest BCUT2D eigenvalue weighted by Gasteiger charge is -2.26. The first-order valence-electron chi connectivity index (χ1n) is 8.77. The zero-order valence-corrected chi connectivity index (χ0v) is 17.6. The van der Waals surface area contributed by atoms with Gasteiger partial charge in [0.25, 0.3) is 5.91 Å². The molecule has 3 rings (SSSR count). The van der Waals surface area contributed by atoms with E-state index >= 15 is 0 Å². The number of nitrogens with zero attached hydrogens (tertiary/aromatic N) is 1. The van der Waals surface area contributed by atoms with E-state index in [9.17, 15) is 13.2 Å². The Morgan fingerprint density at radius 3 is 2.39 bits per heavy atom. The number of ether oxygens (including phenoxy) is 1. The summed E-state index contributed by atoms with van der Waals surface area (Å²) in [6, 6.07) is 9.05. The molecule has 28 heavy (non-hydrogen) atoms. The largest absolute Gasteiger partial charge is 0.495 e. The summed E-state index contributed by atoms with van der Waals surface area (Å²) >= 11 is 11.9. The maximum absolute atomic E-state index is 13.1. The second kappa shape index (κ2) is 8.69. The highest BCUT2D eigenvalue weighted by Gasteiger charge is 2.29. The smallest absolute Gasteiger partial charge is 0.255 e. The van der Waals surface area contributed by atoms with Crippen LogP contribution >= 0.6 is 23.2 Å². The summed E-state index contributed by atoms with van der Waals surface area (Å²) in [5, 5.41) is 3.37. The lowest BCUT2D eigenvalue weighted by molar-refractivity contribution is 0.102. The van der Waals surface area contributed by atoms with Crippen molar-refractivity contribution in [3.05, 3.63) is 52.0 Å². The van der Waals surface area contributed by atoms with E-state index in [1.807, 2.05) is 0 Å². The van der Waals surface area contributed by atoms with E-state index in [-0.39, 0.29) is 16.2 Å². The van der Waals surface area contributed by atoms with Crippen LogP contribution in [0.1, 0.15) is 29.6 Å². The number of rotatable bonds is 5. The summed E-state index contributed by atoms with van der Waals surface area (Å²) in [7, 11) is -2.35. The van der Waals surface area contributed by atoms with Crippen molar-refractivity contribution in [2.24, 2.45) is 0 Å². The number of piperidine rings is 1. The Balaban J connectivity index is 1.91. The number of halogens is 2. The van der Waals surface area contributed by atoms with E-state index in [4.69, 9.17) is 27.9 Å². The van der Waals surface area contributed by atoms with Gasteiger partial charge in [-0.15, -0.1) is 0 Å². The van der Waals surface area contributed by atoms with Gasteiger partial charge in [-0.05, 0) is 49.2 Å². The number of carbonyl (C=O) groups excluding carboxylic acids is 1. The van der Waals surface area contributed by atoms with E-state index in [2.05, 4.69) is 5.32 Å². The number of amides is 1. The van der Waals surface area contributed by atoms with Crippen LogP contribution in [0.15, 0.2) is 41.3 Å². The van der Waals surface area contributed by atoms with Gasteiger partial charge in [-0.3, -0.25) is 4.79 Å². The van der Waals surface area contributed by atoms with E-state index in [1.54, 1.807) is 12.1 Å². The highest BCUT2D eigenvalue weighted by Crippen LogP contribution is 2.30. The summed E-state index contributed by atoms with van der Waals surface area (Å²) < 4.78 is 32.8. The summed E-state index contributed by atoms with van der Waals surface area (Å²) in [5.74, 6) is -0.257. The van der Waals surface area contributed by atoms with Crippen LogP contribution < -0.4 is 10.1 Å². The van der Waals surface area contributed by atoms with Crippen molar-refractivity contribution in [1.82, 2.24) is 4.31 Å². The zero-order valence-electron chi connectivity index (χ0n) is 15.2. The third-order valence-electron chi connectivity index (χ3n) is 4.54. The molecule has 0 atom stereocenters. The van der Waals surface area contributed by atoms with Crippen LogP contribution in [0.3, 0.4) is 0 Å².